The lowest BCUT2D eigenvalue weighted by atomic mass is 10.0. The molecule has 0 bridgehead atoms. The Kier molecular flexibility index (Phi) is 3.35. The van der Waals surface area contributed by atoms with Crippen molar-refractivity contribution in [2.45, 2.75) is 0 Å². The fraction of sp³-hybridized carbons (Fsp3) is 0.0833. The predicted molar refractivity (Wildman–Crippen MR) is 72.1 cm³/mol. The molecule has 6 nitrogen and oxygen atoms in total. The number of nitriles is 1. The van der Waals surface area contributed by atoms with Gasteiger partial charge in [0.25, 0.3) is 0 Å². The molecule has 0 spiro atoms. The van der Waals surface area contributed by atoms with E-state index in [0.29, 0.717) is 21.7 Å². The molecule has 7 heteroatoms. The normalized spacial score (nSPS) is 9.89. The van der Waals surface area contributed by atoms with Crippen molar-refractivity contribution in [1.82, 2.24) is 0 Å². The van der Waals surface area contributed by atoms with Gasteiger partial charge >= 0.3 is 5.69 Å². The molecular formula is C12H9N3O3S. The Morgan fingerprint density at radius 1 is 1.53 bits per heavy atom. The number of benzene rings is 1. The Balaban J connectivity index is 2.58. The summed E-state index contributed by atoms with van der Waals surface area (Å²) in [6.45, 7) is 0. The standard InChI is InChI=1S/C12H9N3O3S/c1-18-11-4-7(2-3-10(11)15(16)17)9-6-19-12(14)8(9)5-13/h2-4,6H,14H2,1H3. The van der Waals surface area contributed by atoms with Gasteiger partial charge in [0.1, 0.15) is 11.1 Å². The van der Waals surface area contributed by atoms with E-state index in [-0.39, 0.29) is 11.4 Å². The van der Waals surface area contributed by atoms with Gasteiger partial charge in [0.15, 0.2) is 5.75 Å². The van der Waals surface area contributed by atoms with Crippen LogP contribution in [0.5, 0.6) is 5.75 Å². The molecule has 0 fully saturated rings. The number of nitrogens with two attached hydrogens (primary N) is 1. The molecule has 19 heavy (non-hydrogen) atoms. The van der Waals surface area contributed by atoms with Crippen LogP contribution in [0, 0.1) is 21.4 Å². The third-order valence-corrected chi connectivity index (χ3v) is 3.43. The van der Waals surface area contributed by atoms with Crippen LogP contribution in [-0.2, 0) is 0 Å². The zero-order valence-electron chi connectivity index (χ0n) is 9.91. The van der Waals surface area contributed by atoms with E-state index in [2.05, 4.69) is 0 Å². The van der Waals surface area contributed by atoms with E-state index in [0.717, 1.165) is 0 Å². The number of thiophene rings is 1. The van der Waals surface area contributed by atoms with Gasteiger partial charge in [-0.25, -0.2) is 0 Å². The molecule has 2 rings (SSSR count). The van der Waals surface area contributed by atoms with Crippen LogP contribution in [0.4, 0.5) is 10.7 Å². The number of nitro benzene ring substituents is 1. The summed E-state index contributed by atoms with van der Waals surface area (Å²) in [7, 11) is 1.36. The van der Waals surface area contributed by atoms with E-state index in [1.807, 2.05) is 6.07 Å². The number of methoxy groups -OCH3 is 1. The molecule has 0 aliphatic carbocycles. The van der Waals surface area contributed by atoms with Crippen LogP contribution in [0.3, 0.4) is 0 Å². The highest BCUT2D eigenvalue weighted by molar-refractivity contribution is 7.14. The van der Waals surface area contributed by atoms with Gasteiger partial charge in [-0.3, -0.25) is 10.1 Å². The van der Waals surface area contributed by atoms with Crippen LogP contribution in [0.1, 0.15) is 5.56 Å². The number of rotatable bonds is 3. The second-order valence-corrected chi connectivity index (χ2v) is 4.56. The largest absolute Gasteiger partial charge is 0.490 e. The average Bonchev–Trinajstić information content (AvgIpc) is 2.78. The van der Waals surface area contributed by atoms with Gasteiger partial charge in [0.05, 0.1) is 17.6 Å². The minimum atomic E-state index is -0.518. The number of ether oxygens (including phenoxy) is 1. The fourth-order valence-corrected chi connectivity index (χ4v) is 2.47. The zero-order chi connectivity index (χ0) is 14.0. The van der Waals surface area contributed by atoms with Gasteiger partial charge in [-0.1, -0.05) is 0 Å². The number of nitro groups is 1. The monoisotopic (exact) mass is 275 g/mol. The van der Waals surface area contributed by atoms with Crippen LogP contribution < -0.4 is 10.5 Å². The zero-order valence-corrected chi connectivity index (χ0v) is 10.7. The summed E-state index contributed by atoms with van der Waals surface area (Å²) in [6, 6.07) is 6.48. The van der Waals surface area contributed by atoms with Gasteiger partial charge in [-0.2, -0.15) is 5.26 Å². The van der Waals surface area contributed by atoms with Crippen LogP contribution in [0.15, 0.2) is 23.6 Å². The molecule has 2 N–H and O–H groups in total. The molecule has 1 aromatic carbocycles. The molecule has 0 radical (unpaired) electrons. The van der Waals surface area contributed by atoms with Crippen molar-refractivity contribution in [2.24, 2.45) is 0 Å². The Morgan fingerprint density at radius 3 is 2.84 bits per heavy atom. The lowest BCUT2D eigenvalue weighted by Crippen LogP contribution is -1.94. The number of nitrogens with zero attached hydrogens (tertiary/aromatic N) is 2. The third-order valence-electron chi connectivity index (χ3n) is 2.62. The van der Waals surface area contributed by atoms with E-state index in [1.54, 1.807) is 11.4 Å². The second-order valence-electron chi connectivity index (χ2n) is 3.64. The number of anilines is 1. The van der Waals surface area contributed by atoms with E-state index in [1.165, 1.54) is 30.6 Å². The first-order valence-electron chi connectivity index (χ1n) is 5.18. The van der Waals surface area contributed by atoms with Crippen molar-refractivity contribution in [3.05, 3.63) is 39.3 Å². The first kappa shape index (κ1) is 12.9. The summed E-state index contributed by atoms with van der Waals surface area (Å²) in [5.74, 6) is 0.149. The van der Waals surface area contributed by atoms with Crippen molar-refractivity contribution >= 4 is 22.0 Å². The minimum absolute atomic E-state index is 0.118. The summed E-state index contributed by atoms with van der Waals surface area (Å²) in [4.78, 5) is 10.3. The molecule has 0 saturated carbocycles. The second kappa shape index (κ2) is 4.96. The first-order valence-corrected chi connectivity index (χ1v) is 6.06. The highest BCUT2D eigenvalue weighted by Gasteiger charge is 2.18. The molecule has 96 valence electrons. The van der Waals surface area contributed by atoms with Crippen molar-refractivity contribution in [3.8, 4) is 22.9 Å². The summed E-state index contributed by atoms with van der Waals surface area (Å²) >= 11 is 1.25. The van der Waals surface area contributed by atoms with Crippen molar-refractivity contribution < 1.29 is 9.66 Å². The van der Waals surface area contributed by atoms with Crippen molar-refractivity contribution in [2.75, 3.05) is 12.8 Å². The van der Waals surface area contributed by atoms with E-state index in [4.69, 9.17) is 15.7 Å². The summed E-state index contributed by atoms with van der Waals surface area (Å²) in [5.41, 5.74) is 7.26. The van der Waals surface area contributed by atoms with Crippen LogP contribution in [-0.4, -0.2) is 12.0 Å². The van der Waals surface area contributed by atoms with Crippen LogP contribution in [0.2, 0.25) is 0 Å². The minimum Gasteiger partial charge on any atom is -0.490 e. The molecule has 0 unspecified atom stereocenters. The van der Waals surface area contributed by atoms with Gasteiger partial charge < -0.3 is 10.5 Å². The van der Waals surface area contributed by atoms with Crippen LogP contribution in [0.25, 0.3) is 11.1 Å². The molecule has 0 atom stereocenters. The molecule has 0 amide bonds. The number of nitrogen functional groups attached to an aromatic ring is 1. The molecular weight excluding hydrogens is 266 g/mol. The lowest BCUT2D eigenvalue weighted by Gasteiger charge is -2.04. The maximum absolute atomic E-state index is 10.8. The highest BCUT2D eigenvalue weighted by Crippen LogP contribution is 2.37. The predicted octanol–water partition coefficient (Wildman–Crippen LogP) is 2.79. The van der Waals surface area contributed by atoms with E-state index in [9.17, 15) is 10.1 Å². The lowest BCUT2D eigenvalue weighted by molar-refractivity contribution is -0.385. The smallest absolute Gasteiger partial charge is 0.310 e. The molecule has 1 aromatic heterocycles. The fourth-order valence-electron chi connectivity index (χ4n) is 1.70. The molecule has 1 heterocycles. The van der Waals surface area contributed by atoms with Crippen LogP contribution >= 0.6 is 11.3 Å². The maximum Gasteiger partial charge on any atom is 0.310 e. The Hall–Kier alpha value is -2.59. The van der Waals surface area contributed by atoms with Crippen molar-refractivity contribution in [3.63, 3.8) is 0 Å². The SMILES string of the molecule is COc1cc(-c2csc(N)c2C#N)ccc1[N+](=O)[O-]. The summed E-state index contributed by atoms with van der Waals surface area (Å²) in [5, 5.41) is 22.0. The summed E-state index contributed by atoms with van der Waals surface area (Å²) < 4.78 is 5.00. The van der Waals surface area contributed by atoms with E-state index >= 15 is 0 Å². The third kappa shape index (κ3) is 2.21. The Morgan fingerprint density at radius 2 is 2.26 bits per heavy atom. The molecule has 0 aliphatic heterocycles. The number of hydrogen-bond acceptors (Lipinski definition) is 6. The highest BCUT2D eigenvalue weighted by atomic mass is 32.1. The van der Waals surface area contributed by atoms with Gasteiger partial charge in [0.2, 0.25) is 0 Å². The summed E-state index contributed by atoms with van der Waals surface area (Å²) in [6.07, 6.45) is 0. The quantitative estimate of drug-likeness (QED) is 0.685. The number of hydrogen-bond donors (Lipinski definition) is 1. The first-order chi connectivity index (χ1) is 9.08. The van der Waals surface area contributed by atoms with Gasteiger partial charge in [0, 0.05) is 17.0 Å². The Labute approximate surface area is 112 Å². The van der Waals surface area contributed by atoms with Gasteiger partial charge in [-0.05, 0) is 17.7 Å². The molecule has 2 aromatic rings. The van der Waals surface area contributed by atoms with E-state index < -0.39 is 4.92 Å². The Bertz CT molecular complexity index is 688. The topological polar surface area (TPSA) is 102 Å². The maximum atomic E-state index is 10.8. The molecule has 0 saturated heterocycles. The van der Waals surface area contributed by atoms with Gasteiger partial charge in [-0.15, -0.1) is 11.3 Å². The molecule has 0 aliphatic rings. The van der Waals surface area contributed by atoms with Crippen molar-refractivity contribution in [1.29, 1.82) is 5.26 Å². The average molecular weight is 275 g/mol.